The fourth-order valence-electron chi connectivity index (χ4n) is 2.32. The largest absolute Gasteiger partial charge is 0.389 e. The predicted octanol–water partition coefficient (Wildman–Crippen LogP) is 1.51. The van der Waals surface area contributed by atoms with E-state index in [0.717, 1.165) is 0 Å². The average molecular weight is 329 g/mol. The van der Waals surface area contributed by atoms with Crippen LogP contribution in [0.3, 0.4) is 0 Å². The summed E-state index contributed by atoms with van der Waals surface area (Å²) >= 11 is 0. The maximum Gasteiger partial charge on any atom is 0.276 e. The van der Waals surface area contributed by atoms with Crippen LogP contribution in [0, 0.1) is 5.82 Å². The molecular weight excluding hydrogens is 313 g/mol. The van der Waals surface area contributed by atoms with Crippen LogP contribution in [0.5, 0.6) is 0 Å². The van der Waals surface area contributed by atoms with Gasteiger partial charge in [-0.3, -0.25) is 9.78 Å². The van der Waals surface area contributed by atoms with Crippen molar-refractivity contribution < 1.29 is 14.2 Å². The van der Waals surface area contributed by atoms with Gasteiger partial charge in [0.05, 0.1) is 43.0 Å². The molecule has 0 saturated heterocycles. The van der Waals surface area contributed by atoms with E-state index in [9.17, 15) is 14.3 Å². The first-order valence-electron chi connectivity index (χ1n) is 7.45. The Balaban J connectivity index is 1.61. The lowest BCUT2D eigenvalue weighted by atomic mass is 10.2. The number of nitrogens with zero attached hydrogens (tertiary/aromatic N) is 3. The lowest BCUT2D eigenvalue weighted by molar-refractivity contribution is 0.0172. The van der Waals surface area contributed by atoms with Crippen LogP contribution in [0.2, 0.25) is 0 Å². The predicted molar refractivity (Wildman–Crippen MR) is 85.9 cm³/mol. The molecule has 0 fully saturated rings. The van der Waals surface area contributed by atoms with E-state index in [4.69, 9.17) is 4.74 Å². The van der Waals surface area contributed by atoms with Gasteiger partial charge in [-0.25, -0.2) is 9.07 Å². The summed E-state index contributed by atoms with van der Waals surface area (Å²) in [6.45, 7) is 0.00215. The number of aliphatic hydroxyl groups is 1. The van der Waals surface area contributed by atoms with Gasteiger partial charge in [0.1, 0.15) is 5.82 Å². The van der Waals surface area contributed by atoms with Crippen LogP contribution >= 0.6 is 0 Å². The number of rotatable bonds is 6. The fourth-order valence-corrected chi connectivity index (χ4v) is 2.32. The molecule has 1 N–H and O–H groups in total. The number of hydrogen-bond acceptors (Lipinski definition) is 5. The smallest absolute Gasteiger partial charge is 0.276 e. The zero-order chi connectivity index (χ0) is 16.9. The molecule has 3 aromatic rings. The number of pyridine rings is 1. The van der Waals surface area contributed by atoms with Gasteiger partial charge in [0, 0.05) is 11.8 Å². The lowest BCUT2D eigenvalue weighted by Crippen LogP contribution is -2.31. The molecule has 3 rings (SSSR count). The van der Waals surface area contributed by atoms with Gasteiger partial charge in [0.15, 0.2) is 0 Å². The summed E-state index contributed by atoms with van der Waals surface area (Å²) in [6.07, 6.45) is 2.12. The summed E-state index contributed by atoms with van der Waals surface area (Å²) in [5.41, 5.74) is 0.592. The maximum absolute atomic E-state index is 13.5. The van der Waals surface area contributed by atoms with E-state index in [1.54, 1.807) is 36.5 Å². The van der Waals surface area contributed by atoms with Crippen molar-refractivity contribution in [1.29, 1.82) is 0 Å². The van der Waals surface area contributed by atoms with Gasteiger partial charge in [0.2, 0.25) is 0 Å². The number of fused-ring (bicyclic) bond motifs is 1. The summed E-state index contributed by atoms with van der Waals surface area (Å²) in [7, 11) is 0. The molecule has 124 valence electrons. The second-order valence-electron chi connectivity index (χ2n) is 5.33. The fraction of sp³-hybridized carbons (Fsp3) is 0.235. The van der Waals surface area contributed by atoms with Crippen LogP contribution in [0.25, 0.3) is 10.9 Å². The van der Waals surface area contributed by atoms with E-state index >= 15 is 0 Å². The second-order valence-corrected chi connectivity index (χ2v) is 5.33. The summed E-state index contributed by atoms with van der Waals surface area (Å²) in [4.78, 5) is 16.3. The van der Waals surface area contributed by atoms with Crippen molar-refractivity contribution in [2.24, 2.45) is 0 Å². The van der Waals surface area contributed by atoms with Gasteiger partial charge in [-0.2, -0.15) is 5.10 Å². The first kappa shape index (κ1) is 16.2. The normalized spacial score (nSPS) is 12.4. The molecule has 0 bridgehead atoms. The molecule has 0 aliphatic carbocycles. The molecule has 7 heteroatoms. The summed E-state index contributed by atoms with van der Waals surface area (Å²) in [5.74, 6) is -0.355. The summed E-state index contributed by atoms with van der Waals surface area (Å²) < 4.78 is 19.9. The summed E-state index contributed by atoms with van der Waals surface area (Å²) in [6, 6.07) is 9.60. The van der Waals surface area contributed by atoms with Crippen molar-refractivity contribution in [2.45, 2.75) is 19.3 Å². The van der Waals surface area contributed by atoms with Crippen molar-refractivity contribution in [3.8, 4) is 0 Å². The van der Waals surface area contributed by atoms with Crippen LogP contribution in [-0.4, -0.2) is 32.6 Å². The Hall–Kier alpha value is -2.64. The van der Waals surface area contributed by atoms with Crippen LogP contribution in [0.4, 0.5) is 4.39 Å². The average Bonchev–Trinajstić information content (AvgIpc) is 2.59. The van der Waals surface area contributed by atoms with Gasteiger partial charge in [-0.05, 0) is 18.2 Å². The molecule has 0 aliphatic heterocycles. The molecule has 0 unspecified atom stereocenters. The van der Waals surface area contributed by atoms with Crippen molar-refractivity contribution in [2.75, 3.05) is 6.61 Å². The molecule has 0 aliphatic rings. The number of aliphatic hydroxyl groups excluding tert-OH is 1. The second kappa shape index (κ2) is 7.29. The first-order valence-corrected chi connectivity index (χ1v) is 7.45. The molecule has 1 atom stereocenters. The Kier molecular flexibility index (Phi) is 4.93. The number of halogens is 1. The molecule has 0 amide bonds. The molecule has 2 aromatic heterocycles. The Bertz CT molecular complexity index is 897. The van der Waals surface area contributed by atoms with E-state index < -0.39 is 6.10 Å². The highest BCUT2D eigenvalue weighted by Crippen LogP contribution is 2.08. The van der Waals surface area contributed by atoms with Gasteiger partial charge in [0.25, 0.3) is 5.56 Å². The zero-order valence-electron chi connectivity index (χ0n) is 12.8. The standard InChI is InChI=1S/C17H16FN3O3/c18-15-6-2-1-4-12(15)10-24-11-13(22)9-21-17(23)14-5-3-7-19-16(14)8-20-21/h1-8,13,22H,9-11H2/t13-/m0/s1. The summed E-state index contributed by atoms with van der Waals surface area (Å²) in [5, 5.41) is 14.4. The molecule has 0 radical (unpaired) electrons. The molecular formula is C17H16FN3O3. The molecule has 2 heterocycles. The highest BCUT2D eigenvalue weighted by Gasteiger charge is 2.11. The third-order valence-electron chi connectivity index (χ3n) is 3.53. The maximum atomic E-state index is 13.5. The van der Waals surface area contributed by atoms with Crippen LogP contribution < -0.4 is 5.56 Å². The van der Waals surface area contributed by atoms with Gasteiger partial charge in [-0.15, -0.1) is 0 Å². The monoisotopic (exact) mass is 329 g/mol. The van der Waals surface area contributed by atoms with Crippen molar-refractivity contribution in [3.63, 3.8) is 0 Å². The zero-order valence-corrected chi connectivity index (χ0v) is 12.8. The molecule has 24 heavy (non-hydrogen) atoms. The Morgan fingerprint density at radius 3 is 2.92 bits per heavy atom. The Labute approximate surface area is 137 Å². The molecule has 0 spiro atoms. The van der Waals surface area contributed by atoms with Gasteiger partial charge in [-0.1, -0.05) is 18.2 Å². The SMILES string of the molecule is O=c1c2cccnc2cnn1C[C@H](O)COCc1ccccc1F. The van der Waals surface area contributed by atoms with Crippen LogP contribution in [-0.2, 0) is 17.9 Å². The number of hydrogen-bond donors (Lipinski definition) is 1. The third kappa shape index (κ3) is 3.64. The third-order valence-corrected chi connectivity index (χ3v) is 3.53. The molecule has 0 saturated carbocycles. The molecule has 1 aromatic carbocycles. The Morgan fingerprint density at radius 2 is 2.08 bits per heavy atom. The van der Waals surface area contributed by atoms with Crippen LogP contribution in [0.15, 0.2) is 53.6 Å². The highest BCUT2D eigenvalue weighted by atomic mass is 19.1. The lowest BCUT2D eigenvalue weighted by Gasteiger charge is -2.13. The quantitative estimate of drug-likeness (QED) is 0.742. The van der Waals surface area contributed by atoms with Crippen molar-refractivity contribution >= 4 is 10.9 Å². The highest BCUT2D eigenvalue weighted by molar-refractivity contribution is 5.75. The van der Waals surface area contributed by atoms with Gasteiger partial charge < -0.3 is 9.84 Å². The van der Waals surface area contributed by atoms with E-state index in [2.05, 4.69) is 10.1 Å². The van der Waals surface area contributed by atoms with E-state index in [-0.39, 0.29) is 31.1 Å². The van der Waals surface area contributed by atoms with Crippen molar-refractivity contribution in [3.05, 3.63) is 70.5 Å². The van der Waals surface area contributed by atoms with E-state index in [1.807, 2.05) is 0 Å². The Morgan fingerprint density at radius 1 is 1.25 bits per heavy atom. The van der Waals surface area contributed by atoms with Crippen molar-refractivity contribution in [1.82, 2.24) is 14.8 Å². The topological polar surface area (TPSA) is 77.2 Å². The number of ether oxygens (including phenoxy) is 1. The number of benzene rings is 1. The minimum absolute atomic E-state index is 0.0130. The van der Waals surface area contributed by atoms with Gasteiger partial charge >= 0.3 is 0 Å². The van der Waals surface area contributed by atoms with Crippen LogP contribution in [0.1, 0.15) is 5.56 Å². The molecule has 6 nitrogen and oxygen atoms in total. The van der Waals surface area contributed by atoms with E-state index in [1.165, 1.54) is 16.9 Å². The minimum Gasteiger partial charge on any atom is -0.389 e. The minimum atomic E-state index is -0.934. The first-order chi connectivity index (χ1) is 11.6. The number of aromatic nitrogens is 3. The van der Waals surface area contributed by atoms with E-state index in [0.29, 0.717) is 16.5 Å².